The third-order valence-corrected chi connectivity index (χ3v) is 4.92. The van der Waals surface area contributed by atoms with E-state index in [1.807, 2.05) is 6.92 Å². The fourth-order valence-corrected chi connectivity index (χ4v) is 3.94. The Bertz CT molecular complexity index is 693. The number of aryl methyl sites for hydroxylation is 1. The standard InChI is InChI=1S/C15H21N3O6S/c1-6-17-18-13(25-6)16-11(19)9-7-8(22-14(2,3)21-7)10-12(20-9)24-15(4,5)23-10/h7-10,12H,1-5H3,(H,16,18,19)/t7-,8+,9+,10-,12+/m1/s1. The second-order valence-corrected chi connectivity index (χ2v) is 8.39. The van der Waals surface area contributed by atoms with Crippen LogP contribution in [0.3, 0.4) is 0 Å². The molecule has 0 radical (unpaired) electrons. The van der Waals surface area contributed by atoms with Crippen LogP contribution in [0.1, 0.15) is 32.7 Å². The molecule has 0 bridgehead atoms. The number of carbonyl (C=O) groups excluding carboxylic acids is 1. The van der Waals surface area contributed by atoms with E-state index >= 15 is 0 Å². The van der Waals surface area contributed by atoms with Crippen molar-refractivity contribution in [2.75, 3.05) is 5.32 Å². The highest BCUT2D eigenvalue weighted by molar-refractivity contribution is 7.15. The zero-order valence-corrected chi connectivity index (χ0v) is 15.5. The summed E-state index contributed by atoms with van der Waals surface area (Å²) >= 11 is 1.29. The van der Waals surface area contributed by atoms with Gasteiger partial charge >= 0.3 is 0 Å². The topological polar surface area (TPSA) is 101 Å². The number of amides is 1. The largest absolute Gasteiger partial charge is 0.342 e. The van der Waals surface area contributed by atoms with Gasteiger partial charge in [-0.3, -0.25) is 10.1 Å². The summed E-state index contributed by atoms with van der Waals surface area (Å²) in [5.41, 5.74) is 0. The lowest BCUT2D eigenvalue weighted by molar-refractivity contribution is -0.229. The van der Waals surface area contributed by atoms with Gasteiger partial charge in [0.15, 0.2) is 24.0 Å². The summed E-state index contributed by atoms with van der Waals surface area (Å²) in [4.78, 5) is 12.8. The van der Waals surface area contributed by atoms with Crippen molar-refractivity contribution in [2.24, 2.45) is 0 Å². The Kier molecular flexibility index (Phi) is 3.91. The van der Waals surface area contributed by atoms with Gasteiger partial charge in [-0.05, 0) is 34.6 Å². The van der Waals surface area contributed by atoms with E-state index in [1.165, 1.54) is 11.3 Å². The van der Waals surface area contributed by atoms with Crippen molar-refractivity contribution in [1.82, 2.24) is 10.2 Å². The zero-order valence-electron chi connectivity index (χ0n) is 14.6. The normalized spacial score (nSPS) is 38.2. The molecule has 1 N–H and O–H groups in total. The van der Waals surface area contributed by atoms with Crippen LogP contribution < -0.4 is 5.32 Å². The minimum atomic E-state index is -0.908. The van der Waals surface area contributed by atoms with E-state index in [1.54, 1.807) is 27.7 Å². The summed E-state index contributed by atoms with van der Waals surface area (Å²) < 4.78 is 29.5. The van der Waals surface area contributed by atoms with Gasteiger partial charge in [0.2, 0.25) is 5.13 Å². The Morgan fingerprint density at radius 3 is 2.32 bits per heavy atom. The summed E-state index contributed by atoms with van der Waals surface area (Å²) in [6.07, 6.45) is -3.16. The Morgan fingerprint density at radius 1 is 1.00 bits per heavy atom. The molecule has 3 aliphatic rings. The van der Waals surface area contributed by atoms with Crippen LogP contribution in [-0.4, -0.2) is 58.4 Å². The van der Waals surface area contributed by atoms with Gasteiger partial charge in [0, 0.05) is 0 Å². The number of anilines is 1. The summed E-state index contributed by atoms with van der Waals surface area (Å²) in [6, 6.07) is 0. The summed E-state index contributed by atoms with van der Waals surface area (Å²) in [7, 11) is 0. The highest BCUT2D eigenvalue weighted by atomic mass is 32.1. The fraction of sp³-hybridized carbons (Fsp3) is 0.800. The number of aromatic nitrogens is 2. The third-order valence-electron chi connectivity index (χ3n) is 4.17. The summed E-state index contributed by atoms with van der Waals surface area (Å²) in [5.74, 6) is -2.04. The molecule has 0 aliphatic carbocycles. The number of hydrogen-bond donors (Lipinski definition) is 1. The highest BCUT2D eigenvalue weighted by Gasteiger charge is 2.62. The molecule has 0 unspecified atom stereocenters. The second kappa shape index (κ2) is 5.66. The molecule has 1 aromatic rings. The van der Waals surface area contributed by atoms with E-state index in [9.17, 15) is 4.79 Å². The molecule has 0 spiro atoms. The molecule has 3 aliphatic heterocycles. The maximum atomic E-state index is 12.8. The monoisotopic (exact) mass is 371 g/mol. The van der Waals surface area contributed by atoms with Gasteiger partial charge in [0.25, 0.3) is 5.91 Å². The molecule has 3 fully saturated rings. The molecule has 9 nitrogen and oxygen atoms in total. The molecular weight excluding hydrogens is 350 g/mol. The lowest BCUT2D eigenvalue weighted by atomic mass is 9.98. The number of rotatable bonds is 2. The second-order valence-electron chi connectivity index (χ2n) is 7.21. The minimum Gasteiger partial charge on any atom is -0.342 e. The van der Waals surface area contributed by atoms with Crippen LogP contribution in [0.25, 0.3) is 0 Å². The van der Waals surface area contributed by atoms with E-state index in [2.05, 4.69) is 15.5 Å². The number of carbonyl (C=O) groups is 1. The highest BCUT2D eigenvalue weighted by Crippen LogP contribution is 2.44. The van der Waals surface area contributed by atoms with Gasteiger partial charge in [-0.15, -0.1) is 10.2 Å². The first-order valence-corrected chi connectivity index (χ1v) is 8.93. The Labute approximate surface area is 148 Å². The van der Waals surface area contributed by atoms with Gasteiger partial charge in [-0.1, -0.05) is 11.3 Å². The summed E-state index contributed by atoms with van der Waals surface area (Å²) in [5, 5.41) is 11.7. The number of nitrogens with zero attached hydrogens (tertiary/aromatic N) is 2. The minimum absolute atomic E-state index is 0.376. The SMILES string of the molecule is Cc1nnc(NC(=O)[C@H]2O[C@H]3OC(C)(C)O[C@@H]3[C@H]3OC(C)(C)O[C@H]32)s1. The van der Waals surface area contributed by atoms with Crippen LogP contribution >= 0.6 is 11.3 Å². The van der Waals surface area contributed by atoms with Crippen molar-refractivity contribution in [3.8, 4) is 0 Å². The van der Waals surface area contributed by atoms with E-state index in [-0.39, 0.29) is 5.91 Å². The molecule has 4 heterocycles. The van der Waals surface area contributed by atoms with Crippen LogP contribution in [0.2, 0.25) is 0 Å². The van der Waals surface area contributed by atoms with E-state index in [0.29, 0.717) is 5.13 Å². The molecule has 4 rings (SSSR count). The maximum Gasteiger partial charge on any atom is 0.258 e. The zero-order chi connectivity index (χ0) is 18.0. The van der Waals surface area contributed by atoms with Crippen molar-refractivity contribution in [2.45, 2.75) is 76.9 Å². The van der Waals surface area contributed by atoms with Crippen molar-refractivity contribution in [1.29, 1.82) is 0 Å². The van der Waals surface area contributed by atoms with Crippen LogP contribution in [-0.2, 0) is 28.5 Å². The lowest BCUT2D eigenvalue weighted by Gasteiger charge is -2.36. The molecule has 5 atom stereocenters. The van der Waals surface area contributed by atoms with Crippen molar-refractivity contribution in [3.05, 3.63) is 5.01 Å². The molecule has 0 aromatic carbocycles. The Balaban J connectivity index is 1.58. The van der Waals surface area contributed by atoms with E-state index in [0.717, 1.165) is 5.01 Å². The molecule has 25 heavy (non-hydrogen) atoms. The Hall–Kier alpha value is -1.17. The maximum absolute atomic E-state index is 12.8. The quantitative estimate of drug-likeness (QED) is 0.827. The summed E-state index contributed by atoms with van der Waals surface area (Å²) in [6.45, 7) is 9.00. The smallest absolute Gasteiger partial charge is 0.258 e. The van der Waals surface area contributed by atoms with Crippen LogP contribution in [0.15, 0.2) is 0 Å². The molecule has 10 heteroatoms. The van der Waals surface area contributed by atoms with Gasteiger partial charge in [0.05, 0.1) is 0 Å². The average molecular weight is 371 g/mol. The first-order valence-electron chi connectivity index (χ1n) is 8.11. The van der Waals surface area contributed by atoms with Crippen LogP contribution in [0.5, 0.6) is 0 Å². The number of ether oxygens (including phenoxy) is 5. The average Bonchev–Trinajstić information content (AvgIpc) is 3.11. The van der Waals surface area contributed by atoms with E-state index in [4.69, 9.17) is 23.7 Å². The van der Waals surface area contributed by atoms with Gasteiger partial charge in [-0.2, -0.15) is 0 Å². The molecule has 1 aromatic heterocycles. The van der Waals surface area contributed by atoms with Crippen molar-refractivity contribution >= 4 is 22.4 Å². The molecular formula is C15H21N3O6S. The molecule has 0 saturated carbocycles. The van der Waals surface area contributed by atoms with Crippen molar-refractivity contribution in [3.63, 3.8) is 0 Å². The van der Waals surface area contributed by atoms with E-state index < -0.39 is 42.3 Å². The number of fused-ring (bicyclic) bond motifs is 3. The number of hydrogen-bond acceptors (Lipinski definition) is 9. The molecule has 1 amide bonds. The first-order chi connectivity index (χ1) is 11.6. The van der Waals surface area contributed by atoms with Gasteiger partial charge in [-0.25, -0.2) is 0 Å². The molecule has 3 saturated heterocycles. The Morgan fingerprint density at radius 2 is 1.64 bits per heavy atom. The van der Waals surface area contributed by atoms with Crippen LogP contribution in [0.4, 0.5) is 5.13 Å². The third kappa shape index (κ3) is 3.18. The van der Waals surface area contributed by atoms with Crippen LogP contribution in [0, 0.1) is 6.92 Å². The number of nitrogens with one attached hydrogen (secondary N) is 1. The predicted molar refractivity (Wildman–Crippen MR) is 85.8 cm³/mol. The lowest BCUT2D eigenvalue weighted by Crippen LogP contribution is -2.58. The first kappa shape index (κ1) is 17.3. The van der Waals surface area contributed by atoms with Crippen molar-refractivity contribution < 1.29 is 28.5 Å². The molecule has 138 valence electrons. The van der Waals surface area contributed by atoms with Gasteiger partial charge < -0.3 is 23.7 Å². The fourth-order valence-electron chi connectivity index (χ4n) is 3.35. The van der Waals surface area contributed by atoms with Gasteiger partial charge in [0.1, 0.15) is 23.3 Å². The predicted octanol–water partition coefficient (Wildman–Crippen LogP) is 1.18.